The van der Waals surface area contributed by atoms with Crippen molar-refractivity contribution in [2.75, 3.05) is 26.7 Å². The second-order valence-corrected chi connectivity index (χ2v) is 11.2. The predicted octanol–water partition coefficient (Wildman–Crippen LogP) is 5.13. The minimum atomic E-state index is -3.89. The normalized spacial score (nSPS) is 13.2. The van der Waals surface area contributed by atoms with E-state index in [1.807, 2.05) is 0 Å². The van der Waals surface area contributed by atoms with Gasteiger partial charge in [0, 0.05) is 35.1 Å². The Labute approximate surface area is 217 Å². The lowest BCUT2D eigenvalue weighted by atomic mass is 10.1. The molecule has 4 aromatic rings. The zero-order valence-electron chi connectivity index (χ0n) is 21.1. The van der Waals surface area contributed by atoms with E-state index in [2.05, 4.69) is 47.7 Å². The highest BCUT2D eigenvalue weighted by Gasteiger charge is 2.23. The lowest BCUT2D eigenvalue weighted by Crippen LogP contribution is -2.38. The molecule has 1 unspecified atom stereocenters. The van der Waals surface area contributed by atoms with Gasteiger partial charge >= 0.3 is 0 Å². The molecular formula is C26H32ClN5O3S. The van der Waals surface area contributed by atoms with E-state index in [0.717, 1.165) is 35.9 Å². The first-order valence-corrected chi connectivity index (χ1v) is 13.9. The molecule has 4 rings (SSSR count). The number of nitrogens with zero attached hydrogens (tertiary/aromatic N) is 5. The second kappa shape index (κ2) is 11.1. The third-order valence-corrected chi connectivity index (χ3v) is 8.32. The van der Waals surface area contributed by atoms with Gasteiger partial charge in [-0.25, -0.2) is 4.98 Å². The first-order chi connectivity index (χ1) is 17.2. The van der Waals surface area contributed by atoms with Gasteiger partial charge in [0.2, 0.25) is 5.89 Å². The maximum Gasteiger partial charge on any atom is 0.283 e. The molecule has 36 heavy (non-hydrogen) atoms. The van der Waals surface area contributed by atoms with Crippen LogP contribution in [-0.2, 0) is 16.6 Å². The van der Waals surface area contributed by atoms with Gasteiger partial charge in [0.15, 0.2) is 0 Å². The van der Waals surface area contributed by atoms with Crippen LogP contribution in [0.4, 0.5) is 0 Å². The molecule has 0 saturated heterocycles. The van der Waals surface area contributed by atoms with Gasteiger partial charge in [-0.05, 0) is 51.2 Å². The second-order valence-electron chi connectivity index (χ2n) is 8.95. The van der Waals surface area contributed by atoms with Crippen LogP contribution < -0.4 is 0 Å². The van der Waals surface area contributed by atoms with Gasteiger partial charge in [0.05, 0.1) is 29.4 Å². The van der Waals surface area contributed by atoms with Crippen LogP contribution in [0, 0.1) is 0 Å². The maximum atomic E-state index is 13.2. The first kappa shape index (κ1) is 26.3. The number of hydrogen-bond donors (Lipinski definition) is 0. The molecule has 0 aliphatic carbocycles. The first-order valence-electron chi connectivity index (χ1n) is 12.1. The van der Waals surface area contributed by atoms with Crippen LogP contribution in [0.15, 0.2) is 64.2 Å². The van der Waals surface area contributed by atoms with E-state index in [1.165, 1.54) is 18.3 Å². The third kappa shape index (κ3) is 5.49. The summed E-state index contributed by atoms with van der Waals surface area (Å²) in [5.41, 5.74) is 0.956. The smallest absolute Gasteiger partial charge is 0.283 e. The van der Waals surface area contributed by atoms with Crippen molar-refractivity contribution in [3.05, 3.63) is 65.6 Å². The molecule has 192 valence electrons. The molecule has 0 N–H and O–H groups in total. The van der Waals surface area contributed by atoms with Crippen molar-refractivity contribution >= 4 is 32.5 Å². The number of hydrogen-bond acceptors (Lipinski definition) is 7. The van der Waals surface area contributed by atoms with Crippen LogP contribution in [0.2, 0.25) is 5.02 Å². The Morgan fingerprint density at radius 3 is 2.56 bits per heavy atom. The van der Waals surface area contributed by atoms with Crippen LogP contribution in [0.5, 0.6) is 0 Å². The lowest BCUT2D eigenvalue weighted by molar-refractivity contribution is 0.178. The Bertz CT molecular complexity index is 1420. The highest BCUT2D eigenvalue weighted by Crippen LogP contribution is 2.33. The fourth-order valence-electron chi connectivity index (χ4n) is 4.23. The molecule has 0 radical (unpaired) electrons. The summed E-state index contributed by atoms with van der Waals surface area (Å²) in [6.07, 6.45) is 4.34. The van der Waals surface area contributed by atoms with Crippen LogP contribution in [-0.4, -0.2) is 65.1 Å². The van der Waals surface area contributed by atoms with Crippen molar-refractivity contribution in [3.8, 4) is 11.5 Å². The van der Waals surface area contributed by atoms with Crippen molar-refractivity contribution in [2.45, 2.75) is 44.7 Å². The highest BCUT2D eigenvalue weighted by atomic mass is 35.5. The summed E-state index contributed by atoms with van der Waals surface area (Å²) in [6.45, 7) is 10.2. The van der Waals surface area contributed by atoms with E-state index in [9.17, 15) is 8.42 Å². The number of oxazole rings is 1. The monoisotopic (exact) mass is 529 g/mol. The van der Waals surface area contributed by atoms with E-state index in [0.29, 0.717) is 40.0 Å². The summed E-state index contributed by atoms with van der Waals surface area (Å²) in [5.74, 6) is 1.09. The quantitative estimate of drug-likeness (QED) is 0.266. The Balaban J connectivity index is 1.57. The molecule has 0 saturated carbocycles. The number of benzene rings is 2. The Morgan fingerprint density at radius 1 is 1.11 bits per heavy atom. The van der Waals surface area contributed by atoms with Gasteiger partial charge in [-0.1, -0.05) is 43.6 Å². The maximum absolute atomic E-state index is 13.2. The minimum absolute atomic E-state index is 0.146. The third-order valence-electron chi connectivity index (χ3n) is 6.49. The van der Waals surface area contributed by atoms with Gasteiger partial charge in [0.25, 0.3) is 10.0 Å². The van der Waals surface area contributed by atoms with Crippen molar-refractivity contribution < 1.29 is 12.8 Å². The van der Waals surface area contributed by atoms with Crippen molar-refractivity contribution in [2.24, 2.45) is 0 Å². The molecule has 0 bridgehead atoms. The van der Waals surface area contributed by atoms with Crippen LogP contribution in [0.25, 0.3) is 22.4 Å². The largest absolute Gasteiger partial charge is 0.440 e. The van der Waals surface area contributed by atoms with Gasteiger partial charge in [-0.2, -0.15) is 17.6 Å². The molecule has 1 atom stereocenters. The number of aromatic nitrogens is 3. The molecule has 0 aliphatic heterocycles. The Kier molecular flexibility index (Phi) is 8.14. The van der Waals surface area contributed by atoms with Crippen molar-refractivity contribution in [1.29, 1.82) is 0 Å². The van der Waals surface area contributed by atoms with Crippen molar-refractivity contribution in [1.82, 2.24) is 24.0 Å². The molecule has 0 fully saturated rings. The Hall–Kier alpha value is -2.72. The Morgan fingerprint density at radius 2 is 1.86 bits per heavy atom. The number of likely N-dealkylation sites (N-methyl/N-ethyl adjacent to an activating group) is 2. The molecule has 2 heterocycles. The molecule has 0 spiro atoms. The SMILES string of the molecule is CCC(C)N(CC)CCN(C)Cc1cnc(-c2cc(Cl)cc3c2cnn3S(=O)(=O)c2ccccc2)o1. The summed E-state index contributed by atoms with van der Waals surface area (Å²) >= 11 is 6.39. The molecular weight excluding hydrogens is 498 g/mol. The van der Waals surface area contributed by atoms with E-state index >= 15 is 0 Å². The molecule has 0 aliphatic rings. The predicted molar refractivity (Wildman–Crippen MR) is 143 cm³/mol. The van der Waals surface area contributed by atoms with E-state index < -0.39 is 10.0 Å². The molecule has 8 nitrogen and oxygen atoms in total. The zero-order valence-corrected chi connectivity index (χ0v) is 22.6. The summed E-state index contributed by atoms with van der Waals surface area (Å²) in [4.78, 5) is 9.28. The minimum Gasteiger partial charge on any atom is -0.440 e. The average Bonchev–Trinajstić information content (AvgIpc) is 3.51. The van der Waals surface area contributed by atoms with E-state index in [-0.39, 0.29) is 4.90 Å². The summed E-state index contributed by atoms with van der Waals surface area (Å²) in [5, 5.41) is 5.14. The number of fused-ring (bicyclic) bond motifs is 1. The summed E-state index contributed by atoms with van der Waals surface area (Å²) < 4.78 is 33.5. The average molecular weight is 530 g/mol. The summed E-state index contributed by atoms with van der Waals surface area (Å²) in [7, 11) is -1.83. The van der Waals surface area contributed by atoms with Crippen LogP contribution in [0.3, 0.4) is 0 Å². The highest BCUT2D eigenvalue weighted by molar-refractivity contribution is 7.90. The van der Waals surface area contributed by atoms with E-state index in [1.54, 1.807) is 36.5 Å². The number of halogens is 1. The fraction of sp³-hybridized carbons (Fsp3) is 0.385. The van der Waals surface area contributed by atoms with Crippen molar-refractivity contribution in [3.63, 3.8) is 0 Å². The van der Waals surface area contributed by atoms with Crippen LogP contribution >= 0.6 is 11.6 Å². The molecule has 10 heteroatoms. The van der Waals surface area contributed by atoms with Gasteiger partial charge in [-0.3, -0.25) is 9.80 Å². The van der Waals surface area contributed by atoms with Crippen LogP contribution in [0.1, 0.15) is 33.0 Å². The molecule has 0 amide bonds. The molecule has 2 aromatic carbocycles. The van der Waals surface area contributed by atoms with E-state index in [4.69, 9.17) is 16.0 Å². The standard InChI is InChI=1S/C26H32ClN5O3S/c1-5-19(3)31(6-2)13-12-30(4)18-21-16-28-26(35-21)23-14-20(27)15-25-24(23)17-29-32(25)36(33,34)22-10-8-7-9-11-22/h7-11,14-17,19H,5-6,12-13,18H2,1-4H3. The van der Waals surface area contributed by atoms with Gasteiger partial charge < -0.3 is 4.42 Å². The topological polar surface area (TPSA) is 84.5 Å². The number of rotatable bonds is 11. The zero-order chi connectivity index (χ0) is 25.9. The van der Waals surface area contributed by atoms with Gasteiger partial charge in [-0.15, -0.1) is 0 Å². The molecule has 2 aromatic heterocycles. The van der Waals surface area contributed by atoms with Gasteiger partial charge in [0.1, 0.15) is 5.76 Å². The summed E-state index contributed by atoms with van der Waals surface area (Å²) in [6, 6.07) is 12.0. The lowest BCUT2D eigenvalue weighted by Gasteiger charge is -2.28. The fourth-order valence-corrected chi connectivity index (χ4v) is 5.72.